The van der Waals surface area contributed by atoms with Crippen molar-refractivity contribution in [3.8, 4) is 5.75 Å². The Balaban J connectivity index is 1.56. The minimum atomic E-state index is -3.78. The Hall–Kier alpha value is -2.16. The second-order valence-corrected chi connectivity index (χ2v) is 8.36. The molecule has 0 bridgehead atoms. The molecule has 0 N–H and O–H groups in total. The molecule has 27 heavy (non-hydrogen) atoms. The maximum atomic E-state index is 13.3. The van der Waals surface area contributed by atoms with Crippen molar-refractivity contribution in [2.45, 2.75) is 4.90 Å². The molecule has 0 radical (unpaired) electrons. The van der Waals surface area contributed by atoms with E-state index in [1.54, 1.807) is 29.2 Å². The summed E-state index contributed by atoms with van der Waals surface area (Å²) < 4.78 is 45.2. The van der Waals surface area contributed by atoms with E-state index in [0.717, 1.165) is 6.07 Å². The van der Waals surface area contributed by atoms with Gasteiger partial charge < -0.3 is 9.64 Å². The Morgan fingerprint density at radius 3 is 2.44 bits per heavy atom. The van der Waals surface area contributed by atoms with E-state index in [1.807, 2.05) is 0 Å². The van der Waals surface area contributed by atoms with Gasteiger partial charge in [0.2, 0.25) is 10.0 Å². The number of hydrogen-bond donors (Lipinski definition) is 0. The molecule has 3 rings (SSSR count). The maximum absolute atomic E-state index is 13.3. The molecule has 1 fully saturated rings. The fourth-order valence-corrected chi connectivity index (χ4v) is 4.38. The molecular weight excluding hydrogens is 395 g/mol. The van der Waals surface area contributed by atoms with Crippen LogP contribution in [0, 0.1) is 5.82 Å². The summed E-state index contributed by atoms with van der Waals surface area (Å²) in [5.74, 6) is -0.357. The molecule has 0 atom stereocenters. The Labute approximate surface area is 162 Å². The van der Waals surface area contributed by atoms with Gasteiger partial charge in [0.15, 0.2) is 6.61 Å². The van der Waals surface area contributed by atoms with Crippen molar-refractivity contribution in [3.63, 3.8) is 0 Å². The smallest absolute Gasteiger partial charge is 0.260 e. The molecule has 1 amide bonds. The van der Waals surface area contributed by atoms with Crippen molar-refractivity contribution < 1.29 is 22.3 Å². The average Bonchev–Trinajstić information content (AvgIpc) is 2.66. The second-order valence-electron chi connectivity index (χ2n) is 5.99. The largest absolute Gasteiger partial charge is 0.484 e. The third-order valence-corrected chi connectivity index (χ3v) is 6.31. The molecule has 6 nitrogen and oxygen atoms in total. The van der Waals surface area contributed by atoms with Crippen molar-refractivity contribution in [2.75, 3.05) is 32.8 Å². The van der Waals surface area contributed by atoms with E-state index >= 15 is 0 Å². The van der Waals surface area contributed by atoms with Crippen LogP contribution in [0.15, 0.2) is 53.4 Å². The lowest BCUT2D eigenvalue weighted by molar-refractivity contribution is -0.134. The quantitative estimate of drug-likeness (QED) is 0.756. The van der Waals surface area contributed by atoms with Crippen LogP contribution in [0.4, 0.5) is 4.39 Å². The number of ether oxygens (including phenoxy) is 1. The first-order valence-corrected chi connectivity index (χ1v) is 10.1. The number of halogens is 2. The number of rotatable bonds is 5. The van der Waals surface area contributed by atoms with Crippen LogP contribution in [0.1, 0.15) is 0 Å². The number of benzene rings is 2. The van der Waals surface area contributed by atoms with E-state index in [1.165, 1.54) is 22.5 Å². The van der Waals surface area contributed by atoms with Crippen molar-refractivity contribution in [3.05, 3.63) is 59.4 Å². The number of hydrogen-bond acceptors (Lipinski definition) is 4. The van der Waals surface area contributed by atoms with Crippen LogP contribution in [-0.4, -0.2) is 56.3 Å². The molecule has 0 saturated carbocycles. The van der Waals surface area contributed by atoms with Gasteiger partial charge >= 0.3 is 0 Å². The molecule has 1 heterocycles. The fraction of sp³-hybridized carbons (Fsp3) is 0.278. The molecule has 1 saturated heterocycles. The summed E-state index contributed by atoms with van der Waals surface area (Å²) in [4.78, 5) is 13.7. The van der Waals surface area contributed by atoms with Gasteiger partial charge in [0.1, 0.15) is 11.6 Å². The van der Waals surface area contributed by atoms with E-state index in [-0.39, 0.29) is 43.6 Å². The van der Waals surface area contributed by atoms with Gasteiger partial charge in [-0.2, -0.15) is 4.31 Å². The first kappa shape index (κ1) is 19.6. The minimum Gasteiger partial charge on any atom is -0.484 e. The van der Waals surface area contributed by atoms with Gasteiger partial charge in [-0.1, -0.05) is 23.7 Å². The molecule has 0 spiro atoms. The molecule has 0 aliphatic carbocycles. The highest BCUT2D eigenvalue weighted by Gasteiger charge is 2.30. The van der Waals surface area contributed by atoms with Gasteiger partial charge in [0.05, 0.1) is 4.90 Å². The predicted molar refractivity (Wildman–Crippen MR) is 98.7 cm³/mol. The average molecular weight is 413 g/mol. The van der Waals surface area contributed by atoms with Gasteiger partial charge in [0, 0.05) is 31.2 Å². The first-order valence-electron chi connectivity index (χ1n) is 8.28. The summed E-state index contributed by atoms with van der Waals surface area (Å²) in [5, 5.41) is 0.510. The number of piperazine rings is 1. The first-order chi connectivity index (χ1) is 12.9. The molecule has 2 aromatic carbocycles. The molecular formula is C18H18ClFN2O4S. The van der Waals surface area contributed by atoms with E-state index in [9.17, 15) is 17.6 Å². The van der Waals surface area contributed by atoms with Gasteiger partial charge in [-0.3, -0.25) is 4.79 Å². The van der Waals surface area contributed by atoms with Crippen LogP contribution in [0.2, 0.25) is 5.02 Å². The van der Waals surface area contributed by atoms with Crippen LogP contribution >= 0.6 is 11.6 Å². The molecule has 1 aliphatic heterocycles. The Bertz CT molecular complexity index is 930. The standard InChI is InChI=1S/C18H18ClFN2O4S/c19-14-3-1-5-16(11-14)26-13-18(23)21-7-9-22(10-8-21)27(24,25)17-6-2-4-15(20)12-17/h1-6,11-12H,7-10,13H2. The summed E-state index contributed by atoms with van der Waals surface area (Å²) in [6.07, 6.45) is 0. The number of carbonyl (C=O) groups excluding carboxylic acids is 1. The van der Waals surface area contributed by atoms with E-state index in [0.29, 0.717) is 10.8 Å². The third-order valence-electron chi connectivity index (χ3n) is 4.18. The monoisotopic (exact) mass is 412 g/mol. The summed E-state index contributed by atoms with van der Waals surface area (Å²) >= 11 is 5.87. The molecule has 144 valence electrons. The Morgan fingerprint density at radius 1 is 1.07 bits per heavy atom. The molecule has 0 unspecified atom stereocenters. The highest BCUT2D eigenvalue weighted by molar-refractivity contribution is 7.89. The van der Waals surface area contributed by atoms with Gasteiger partial charge in [-0.15, -0.1) is 0 Å². The van der Waals surface area contributed by atoms with E-state index < -0.39 is 15.8 Å². The predicted octanol–water partition coefficient (Wildman–Crippen LogP) is 2.39. The lowest BCUT2D eigenvalue weighted by Gasteiger charge is -2.34. The normalized spacial score (nSPS) is 15.6. The van der Waals surface area contributed by atoms with Crippen molar-refractivity contribution in [1.82, 2.24) is 9.21 Å². The lowest BCUT2D eigenvalue weighted by Crippen LogP contribution is -2.51. The number of nitrogens with zero attached hydrogens (tertiary/aromatic N) is 2. The maximum Gasteiger partial charge on any atom is 0.260 e. The van der Waals surface area contributed by atoms with E-state index in [4.69, 9.17) is 16.3 Å². The zero-order valence-electron chi connectivity index (χ0n) is 14.3. The number of amides is 1. The molecule has 0 aromatic heterocycles. The van der Waals surface area contributed by atoms with Crippen LogP contribution in [0.25, 0.3) is 0 Å². The third kappa shape index (κ3) is 4.77. The molecule has 1 aliphatic rings. The molecule has 2 aromatic rings. The summed E-state index contributed by atoms with van der Waals surface area (Å²) in [6, 6.07) is 11.6. The van der Waals surface area contributed by atoms with Gasteiger partial charge in [-0.25, -0.2) is 12.8 Å². The van der Waals surface area contributed by atoms with Crippen LogP contribution in [0.5, 0.6) is 5.75 Å². The SMILES string of the molecule is O=C(COc1cccc(Cl)c1)N1CCN(S(=O)(=O)c2cccc(F)c2)CC1. The van der Waals surface area contributed by atoms with Crippen LogP contribution in [-0.2, 0) is 14.8 Å². The fourth-order valence-electron chi connectivity index (χ4n) is 2.75. The minimum absolute atomic E-state index is 0.0911. The summed E-state index contributed by atoms with van der Waals surface area (Å²) in [5.41, 5.74) is 0. The van der Waals surface area contributed by atoms with Gasteiger partial charge in [0.25, 0.3) is 5.91 Å². The van der Waals surface area contributed by atoms with Crippen LogP contribution in [0.3, 0.4) is 0 Å². The number of carbonyl (C=O) groups is 1. The zero-order chi connectivity index (χ0) is 19.4. The van der Waals surface area contributed by atoms with Crippen molar-refractivity contribution in [1.29, 1.82) is 0 Å². The highest BCUT2D eigenvalue weighted by Crippen LogP contribution is 2.19. The highest BCUT2D eigenvalue weighted by atomic mass is 35.5. The topological polar surface area (TPSA) is 66.9 Å². The Morgan fingerprint density at radius 2 is 1.78 bits per heavy atom. The molecule has 9 heteroatoms. The lowest BCUT2D eigenvalue weighted by atomic mass is 10.3. The zero-order valence-corrected chi connectivity index (χ0v) is 15.9. The second kappa shape index (κ2) is 8.24. The van der Waals surface area contributed by atoms with Crippen molar-refractivity contribution in [2.24, 2.45) is 0 Å². The van der Waals surface area contributed by atoms with Gasteiger partial charge in [-0.05, 0) is 36.4 Å². The number of sulfonamides is 1. The Kier molecular flexibility index (Phi) is 5.98. The van der Waals surface area contributed by atoms with E-state index in [2.05, 4.69) is 0 Å². The van der Waals surface area contributed by atoms with Crippen molar-refractivity contribution >= 4 is 27.5 Å². The summed E-state index contributed by atoms with van der Waals surface area (Å²) in [7, 11) is -3.78. The van der Waals surface area contributed by atoms with Crippen LogP contribution < -0.4 is 4.74 Å². The summed E-state index contributed by atoms with van der Waals surface area (Å²) in [6.45, 7) is 0.610.